The molecule has 2 N–H and O–H groups in total. The van der Waals surface area contributed by atoms with E-state index in [1.165, 1.54) is 13.8 Å². The normalized spacial score (nSPS) is 15.6. The van der Waals surface area contributed by atoms with E-state index in [0.717, 1.165) is 4.90 Å². The summed E-state index contributed by atoms with van der Waals surface area (Å²) in [5.74, 6) is -1.37. The number of ether oxygens (including phenoxy) is 2. The number of nitrogens with zero attached hydrogens (tertiary/aromatic N) is 1. The average Bonchev–Trinajstić information content (AvgIpc) is 3.06. The molecule has 1 aromatic rings. The standard InChI is InChI=1S/C17H21N3O6/c1-11(19-14(21)10-25-13-6-4-3-5-7-13)16(23)26-12(2)15(22)20-9-8-18-17(20)24/h3-7,11-12H,8-10H2,1-2H3,(H,18,24)(H,19,21)/t11-,12+/m0/s1. The van der Waals surface area contributed by atoms with Gasteiger partial charge in [0.1, 0.15) is 11.8 Å². The third-order valence-corrected chi connectivity index (χ3v) is 3.61. The molecule has 9 heteroatoms. The summed E-state index contributed by atoms with van der Waals surface area (Å²) in [6.07, 6.45) is -1.13. The third-order valence-electron chi connectivity index (χ3n) is 3.61. The van der Waals surface area contributed by atoms with Crippen LogP contribution in [0.15, 0.2) is 30.3 Å². The lowest BCUT2D eigenvalue weighted by molar-refractivity contribution is -0.159. The Kier molecular flexibility index (Phi) is 6.54. The van der Waals surface area contributed by atoms with Gasteiger partial charge < -0.3 is 20.1 Å². The lowest BCUT2D eigenvalue weighted by atomic mass is 10.3. The van der Waals surface area contributed by atoms with Crippen molar-refractivity contribution in [2.24, 2.45) is 0 Å². The van der Waals surface area contributed by atoms with Crippen molar-refractivity contribution in [3.63, 3.8) is 0 Å². The van der Waals surface area contributed by atoms with Gasteiger partial charge in [0.2, 0.25) is 0 Å². The molecular formula is C17H21N3O6. The first-order valence-electron chi connectivity index (χ1n) is 8.15. The molecule has 0 bridgehead atoms. The Morgan fingerprint density at radius 3 is 2.54 bits per heavy atom. The smallest absolute Gasteiger partial charge is 0.329 e. The van der Waals surface area contributed by atoms with Gasteiger partial charge in [0.05, 0.1) is 0 Å². The maximum Gasteiger partial charge on any atom is 0.329 e. The van der Waals surface area contributed by atoms with E-state index in [4.69, 9.17) is 9.47 Å². The highest BCUT2D eigenvalue weighted by atomic mass is 16.5. The molecule has 2 atom stereocenters. The zero-order valence-electron chi connectivity index (χ0n) is 14.6. The van der Waals surface area contributed by atoms with Crippen molar-refractivity contribution in [1.29, 1.82) is 0 Å². The van der Waals surface area contributed by atoms with Crippen LogP contribution in [0.5, 0.6) is 5.75 Å². The van der Waals surface area contributed by atoms with Crippen LogP contribution in [0.4, 0.5) is 4.79 Å². The first-order chi connectivity index (χ1) is 12.4. The number of carbonyl (C=O) groups is 4. The zero-order valence-corrected chi connectivity index (χ0v) is 14.6. The van der Waals surface area contributed by atoms with Gasteiger partial charge >= 0.3 is 12.0 Å². The van der Waals surface area contributed by atoms with E-state index in [0.29, 0.717) is 12.3 Å². The number of rotatable bonds is 7. The van der Waals surface area contributed by atoms with Crippen LogP contribution < -0.4 is 15.4 Å². The molecule has 2 rings (SSSR count). The molecule has 4 amide bonds. The van der Waals surface area contributed by atoms with Crippen LogP contribution in [0.2, 0.25) is 0 Å². The van der Waals surface area contributed by atoms with Crippen LogP contribution in [-0.4, -0.2) is 60.6 Å². The van der Waals surface area contributed by atoms with E-state index < -0.39 is 36.0 Å². The van der Waals surface area contributed by atoms with Crippen molar-refractivity contribution in [2.75, 3.05) is 19.7 Å². The van der Waals surface area contributed by atoms with Crippen molar-refractivity contribution >= 4 is 23.8 Å². The van der Waals surface area contributed by atoms with Crippen molar-refractivity contribution < 1.29 is 28.7 Å². The number of benzene rings is 1. The Hall–Kier alpha value is -3.10. The van der Waals surface area contributed by atoms with Gasteiger partial charge in [0.15, 0.2) is 12.7 Å². The Labute approximate surface area is 150 Å². The molecule has 1 aliphatic heterocycles. The molecule has 1 aliphatic rings. The summed E-state index contributed by atoms with van der Waals surface area (Å²) >= 11 is 0. The van der Waals surface area contributed by atoms with E-state index in [9.17, 15) is 19.2 Å². The number of carbonyl (C=O) groups excluding carboxylic acids is 4. The molecule has 0 spiro atoms. The molecule has 140 valence electrons. The number of esters is 1. The first kappa shape index (κ1) is 19.2. The van der Waals surface area contributed by atoms with Gasteiger partial charge in [-0.25, -0.2) is 9.59 Å². The summed E-state index contributed by atoms with van der Waals surface area (Å²) in [7, 11) is 0. The molecular weight excluding hydrogens is 342 g/mol. The molecule has 1 saturated heterocycles. The topological polar surface area (TPSA) is 114 Å². The second-order valence-electron chi connectivity index (χ2n) is 5.69. The molecule has 0 aliphatic carbocycles. The summed E-state index contributed by atoms with van der Waals surface area (Å²) in [5, 5.41) is 4.92. The second-order valence-corrected chi connectivity index (χ2v) is 5.69. The Bertz CT molecular complexity index is 678. The molecule has 9 nitrogen and oxygen atoms in total. The minimum atomic E-state index is -1.13. The van der Waals surface area contributed by atoms with E-state index in [2.05, 4.69) is 10.6 Å². The van der Waals surface area contributed by atoms with Gasteiger partial charge in [0.25, 0.3) is 11.8 Å². The highest BCUT2D eigenvalue weighted by Crippen LogP contribution is 2.08. The second kappa shape index (κ2) is 8.84. The Balaban J connectivity index is 1.76. The van der Waals surface area contributed by atoms with Crippen LogP contribution >= 0.6 is 0 Å². The molecule has 1 aromatic carbocycles. The quantitative estimate of drug-likeness (QED) is 0.662. The summed E-state index contributed by atoms with van der Waals surface area (Å²) in [6, 6.07) is 7.28. The van der Waals surface area contributed by atoms with Crippen LogP contribution in [0, 0.1) is 0 Å². The molecule has 0 radical (unpaired) electrons. The lowest BCUT2D eigenvalue weighted by Gasteiger charge is -2.20. The third kappa shape index (κ3) is 5.20. The predicted octanol–water partition coefficient (Wildman–Crippen LogP) is 0.0536. The van der Waals surface area contributed by atoms with Gasteiger partial charge in [-0.2, -0.15) is 0 Å². The SMILES string of the molecule is C[C@H](NC(=O)COc1ccccc1)C(=O)O[C@H](C)C(=O)N1CCNC1=O. The van der Waals surface area contributed by atoms with Gasteiger partial charge in [-0.3, -0.25) is 14.5 Å². The van der Waals surface area contributed by atoms with Crippen molar-refractivity contribution in [1.82, 2.24) is 15.5 Å². The van der Waals surface area contributed by atoms with Crippen molar-refractivity contribution in [2.45, 2.75) is 26.0 Å². The molecule has 0 aromatic heterocycles. The van der Waals surface area contributed by atoms with Gasteiger partial charge in [-0.05, 0) is 26.0 Å². The number of para-hydroxylation sites is 1. The van der Waals surface area contributed by atoms with Gasteiger partial charge in [0, 0.05) is 13.1 Å². The first-order valence-corrected chi connectivity index (χ1v) is 8.15. The fourth-order valence-electron chi connectivity index (χ4n) is 2.24. The largest absolute Gasteiger partial charge is 0.484 e. The zero-order chi connectivity index (χ0) is 19.1. The maximum atomic E-state index is 12.1. The van der Waals surface area contributed by atoms with Gasteiger partial charge in [-0.1, -0.05) is 18.2 Å². The molecule has 1 fully saturated rings. The Morgan fingerprint density at radius 1 is 1.23 bits per heavy atom. The van der Waals surface area contributed by atoms with E-state index >= 15 is 0 Å². The van der Waals surface area contributed by atoms with Crippen LogP contribution in [0.3, 0.4) is 0 Å². The average molecular weight is 363 g/mol. The summed E-state index contributed by atoms with van der Waals surface area (Å²) in [4.78, 5) is 48.4. The van der Waals surface area contributed by atoms with Crippen molar-refractivity contribution in [3.05, 3.63) is 30.3 Å². The number of nitrogens with one attached hydrogen (secondary N) is 2. The van der Waals surface area contributed by atoms with Crippen LogP contribution in [0.25, 0.3) is 0 Å². The highest BCUT2D eigenvalue weighted by Gasteiger charge is 2.32. The maximum absolute atomic E-state index is 12.1. The minimum absolute atomic E-state index is 0.225. The van der Waals surface area contributed by atoms with E-state index in [1.807, 2.05) is 6.07 Å². The number of imide groups is 1. The molecule has 0 saturated carbocycles. The van der Waals surface area contributed by atoms with E-state index in [-0.39, 0.29) is 13.2 Å². The highest BCUT2D eigenvalue weighted by molar-refractivity contribution is 5.98. The Morgan fingerprint density at radius 2 is 1.92 bits per heavy atom. The molecule has 1 heterocycles. The monoisotopic (exact) mass is 363 g/mol. The summed E-state index contributed by atoms with van der Waals surface area (Å²) in [6.45, 7) is 3.13. The van der Waals surface area contributed by atoms with Gasteiger partial charge in [-0.15, -0.1) is 0 Å². The molecule has 26 heavy (non-hydrogen) atoms. The van der Waals surface area contributed by atoms with Crippen molar-refractivity contribution in [3.8, 4) is 5.75 Å². The molecule has 0 unspecified atom stereocenters. The van der Waals surface area contributed by atoms with E-state index in [1.54, 1.807) is 24.3 Å². The van der Waals surface area contributed by atoms with Crippen LogP contribution in [-0.2, 0) is 19.1 Å². The fraction of sp³-hybridized carbons (Fsp3) is 0.412. The lowest BCUT2D eigenvalue weighted by Crippen LogP contribution is -2.46. The fourth-order valence-corrected chi connectivity index (χ4v) is 2.24. The minimum Gasteiger partial charge on any atom is -0.484 e. The predicted molar refractivity (Wildman–Crippen MR) is 90.2 cm³/mol. The number of hydrogen-bond acceptors (Lipinski definition) is 6. The number of amides is 4. The summed E-state index contributed by atoms with van der Waals surface area (Å²) in [5.41, 5.74) is 0. The number of urea groups is 1. The van der Waals surface area contributed by atoms with Crippen LogP contribution in [0.1, 0.15) is 13.8 Å². The number of hydrogen-bond donors (Lipinski definition) is 2. The summed E-state index contributed by atoms with van der Waals surface area (Å²) < 4.78 is 10.3.